The van der Waals surface area contributed by atoms with Crippen molar-refractivity contribution in [1.29, 1.82) is 0 Å². The maximum absolute atomic E-state index is 5.43. The van der Waals surface area contributed by atoms with E-state index in [4.69, 9.17) is 4.42 Å². The first-order valence-corrected chi connectivity index (χ1v) is 5.58. The molecule has 2 rings (SSSR count). The zero-order valence-electron chi connectivity index (χ0n) is 8.46. The van der Waals surface area contributed by atoms with Crippen LogP contribution in [0.4, 0.5) is 0 Å². The predicted molar refractivity (Wildman–Crippen MR) is 64.6 cm³/mol. The van der Waals surface area contributed by atoms with Gasteiger partial charge in [-0.05, 0) is 24.7 Å². The second kappa shape index (κ2) is 4.64. The molecular weight excluding hydrogens is 254 g/mol. The van der Waals surface area contributed by atoms with Crippen LogP contribution in [0, 0.1) is 0 Å². The van der Waals surface area contributed by atoms with Crippen LogP contribution in [0.25, 0.3) is 11.1 Å². The zero-order chi connectivity index (χ0) is 10.7. The van der Waals surface area contributed by atoms with E-state index >= 15 is 0 Å². The Balaban J connectivity index is 2.45. The molecule has 78 valence electrons. The molecule has 0 radical (unpaired) electrons. The van der Waals surface area contributed by atoms with E-state index in [0.717, 1.165) is 27.9 Å². The van der Waals surface area contributed by atoms with Gasteiger partial charge in [0, 0.05) is 10.0 Å². The summed E-state index contributed by atoms with van der Waals surface area (Å²) < 4.78 is 6.52. The second-order valence-electron chi connectivity index (χ2n) is 3.27. The Labute approximate surface area is 97.4 Å². The van der Waals surface area contributed by atoms with E-state index in [1.54, 1.807) is 6.26 Å². The van der Waals surface area contributed by atoms with E-state index < -0.39 is 0 Å². The summed E-state index contributed by atoms with van der Waals surface area (Å²) in [7, 11) is 1.91. The lowest BCUT2D eigenvalue weighted by Gasteiger charge is -2.04. The molecular formula is C12H12BrNO. The quantitative estimate of drug-likeness (QED) is 0.920. The Morgan fingerprint density at radius 2 is 2.00 bits per heavy atom. The first-order valence-electron chi connectivity index (χ1n) is 4.79. The standard InChI is InChI=1S/C12H12BrNO/c1-14-8-12-10(6-7-15-12)9-4-2-3-5-11(9)13/h2-7,14H,8H2,1H3. The number of benzene rings is 1. The number of nitrogens with one attached hydrogen (secondary N) is 1. The fraction of sp³-hybridized carbons (Fsp3) is 0.167. The van der Waals surface area contributed by atoms with Gasteiger partial charge in [0.2, 0.25) is 0 Å². The highest BCUT2D eigenvalue weighted by molar-refractivity contribution is 9.10. The van der Waals surface area contributed by atoms with Gasteiger partial charge < -0.3 is 9.73 Å². The molecule has 0 aliphatic carbocycles. The number of furan rings is 1. The monoisotopic (exact) mass is 265 g/mol. The zero-order valence-corrected chi connectivity index (χ0v) is 10.0. The van der Waals surface area contributed by atoms with Crippen molar-refractivity contribution in [2.24, 2.45) is 0 Å². The molecule has 1 aromatic heterocycles. The van der Waals surface area contributed by atoms with Gasteiger partial charge in [0.25, 0.3) is 0 Å². The summed E-state index contributed by atoms with van der Waals surface area (Å²) in [4.78, 5) is 0. The number of halogens is 1. The van der Waals surface area contributed by atoms with Crippen LogP contribution >= 0.6 is 15.9 Å². The summed E-state index contributed by atoms with van der Waals surface area (Å²) in [6.45, 7) is 0.740. The van der Waals surface area contributed by atoms with Crippen molar-refractivity contribution in [2.75, 3.05) is 7.05 Å². The number of hydrogen-bond donors (Lipinski definition) is 1. The summed E-state index contributed by atoms with van der Waals surface area (Å²) in [5.74, 6) is 0.962. The lowest BCUT2D eigenvalue weighted by molar-refractivity contribution is 0.497. The fourth-order valence-electron chi connectivity index (χ4n) is 1.56. The molecule has 0 saturated heterocycles. The molecule has 0 aliphatic rings. The van der Waals surface area contributed by atoms with Crippen LogP contribution in [0.15, 0.2) is 45.5 Å². The first-order chi connectivity index (χ1) is 7.33. The molecule has 0 saturated carbocycles. The van der Waals surface area contributed by atoms with Crippen molar-refractivity contribution < 1.29 is 4.42 Å². The van der Waals surface area contributed by atoms with Gasteiger partial charge in [-0.1, -0.05) is 34.1 Å². The Kier molecular flexibility index (Phi) is 3.23. The van der Waals surface area contributed by atoms with E-state index in [0.29, 0.717) is 0 Å². The van der Waals surface area contributed by atoms with Crippen molar-refractivity contribution in [3.8, 4) is 11.1 Å². The molecule has 0 unspecified atom stereocenters. The summed E-state index contributed by atoms with van der Waals surface area (Å²) >= 11 is 3.54. The SMILES string of the molecule is CNCc1occc1-c1ccccc1Br. The lowest BCUT2D eigenvalue weighted by atomic mass is 10.1. The van der Waals surface area contributed by atoms with Crippen LogP contribution in [0.1, 0.15) is 5.76 Å². The molecule has 0 fully saturated rings. The van der Waals surface area contributed by atoms with Crippen molar-refractivity contribution in [1.82, 2.24) is 5.32 Å². The summed E-state index contributed by atoms with van der Waals surface area (Å²) in [6.07, 6.45) is 1.72. The minimum atomic E-state index is 0.740. The third-order valence-corrected chi connectivity index (χ3v) is 2.94. The first kappa shape index (κ1) is 10.5. The normalized spacial score (nSPS) is 10.5. The predicted octanol–water partition coefficient (Wildman–Crippen LogP) is 3.43. The van der Waals surface area contributed by atoms with Gasteiger partial charge in [-0.25, -0.2) is 0 Å². The average molecular weight is 266 g/mol. The molecule has 2 aromatic rings. The number of rotatable bonds is 3. The molecule has 0 atom stereocenters. The Morgan fingerprint density at radius 3 is 2.73 bits per heavy atom. The second-order valence-corrected chi connectivity index (χ2v) is 4.12. The molecule has 0 aliphatic heterocycles. The maximum atomic E-state index is 5.43. The summed E-state index contributed by atoms with van der Waals surface area (Å²) in [5, 5.41) is 3.09. The van der Waals surface area contributed by atoms with E-state index in [1.165, 1.54) is 0 Å². The molecule has 0 spiro atoms. The van der Waals surface area contributed by atoms with Gasteiger partial charge in [-0.15, -0.1) is 0 Å². The molecule has 0 bridgehead atoms. The minimum Gasteiger partial charge on any atom is -0.467 e. The highest BCUT2D eigenvalue weighted by Gasteiger charge is 2.09. The van der Waals surface area contributed by atoms with Crippen molar-refractivity contribution >= 4 is 15.9 Å². The minimum absolute atomic E-state index is 0.740. The van der Waals surface area contributed by atoms with E-state index in [2.05, 4.69) is 27.3 Å². The number of hydrogen-bond acceptors (Lipinski definition) is 2. The fourth-order valence-corrected chi connectivity index (χ4v) is 2.06. The van der Waals surface area contributed by atoms with Crippen molar-refractivity contribution in [3.63, 3.8) is 0 Å². The van der Waals surface area contributed by atoms with Gasteiger partial charge in [0.1, 0.15) is 5.76 Å². The smallest absolute Gasteiger partial charge is 0.125 e. The van der Waals surface area contributed by atoms with Crippen molar-refractivity contribution in [3.05, 3.63) is 46.8 Å². The van der Waals surface area contributed by atoms with E-state index in [9.17, 15) is 0 Å². The van der Waals surface area contributed by atoms with E-state index in [-0.39, 0.29) is 0 Å². The lowest BCUT2D eigenvalue weighted by Crippen LogP contribution is -2.04. The molecule has 3 heteroatoms. The molecule has 1 heterocycles. The molecule has 0 amide bonds. The molecule has 1 aromatic carbocycles. The van der Waals surface area contributed by atoms with Crippen molar-refractivity contribution in [2.45, 2.75) is 6.54 Å². The average Bonchev–Trinajstić information content (AvgIpc) is 2.67. The van der Waals surface area contributed by atoms with E-state index in [1.807, 2.05) is 31.3 Å². The third-order valence-electron chi connectivity index (χ3n) is 2.25. The maximum Gasteiger partial charge on any atom is 0.125 e. The highest BCUT2D eigenvalue weighted by Crippen LogP contribution is 2.31. The Hall–Kier alpha value is -1.06. The summed E-state index contributed by atoms with van der Waals surface area (Å²) in [6, 6.07) is 10.1. The molecule has 15 heavy (non-hydrogen) atoms. The highest BCUT2D eigenvalue weighted by atomic mass is 79.9. The molecule has 1 N–H and O–H groups in total. The topological polar surface area (TPSA) is 25.2 Å². The van der Waals surface area contributed by atoms with Crippen LogP contribution in [0.2, 0.25) is 0 Å². The summed E-state index contributed by atoms with van der Waals surface area (Å²) in [5.41, 5.74) is 2.30. The Morgan fingerprint density at radius 1 is 1.20 bits per heavy atom. The van der Waals surface area contributed by atoms with Gasteiger partial charge in [0.05, 0.1) is 12.8 Å². The largest absolute Gasteiger partial charge is 0.467 e. The third kappa shape index (κ3) is 2.13. The van der Waals surface area contributed by atoms with Crippen LogP contribution in [0.3, 0.4) is 0 Å². The van der Waals surface area contributed by atoms with Crippen LogP contribution in [-0.4, -0.2) is 7.05 Å². The van der Waals surface area contributed by atoms with Gasteiger partial charge in [-0.3, -0.25) is 0 Å². The van der Waals surface area contributed by atoms with Crippen LogP contribution < -0.4 is 5.32 Å². The van der Waals surface area contributed by atoms with Gasteiger partial charge in [0.15, 0.2) is 0 Å². The van der Waals surface area contributed by atoms with Gasteiger partial charge >= 0.3 is 0 Å². The Bertz CT molecular complexity index is 450. The van der Waals surface area contributed by atoms with Crippen LogP contribution in [-0.2, 0) is 6.54 Å². The van der Waals surface area contributed by atoms with Crippen LogP contribution in [0.5, 0.6) is 0 Å². The van der Waals surface area contributed by atoms with Gasteiger partial charge in [-0.2, -0.15) is 0 Å². The molecule has 2 nitrogen and oxygen atoms in total.